The molecule has 1 amide bonds. The average molecular weight is 492 g/mol. The molecule has 2 N–H and O–H groups in total. The number of halogens is 1. The highest BCUT2D eigenvalue weighted by Gasteiger charge is 2.07. The zero-order valence-corrected chi connectivity index (χ0v) is 19.3. The lowest BCUT2D eigenvalue weighted by atomic mass is 10.1. The molecule has 1 aromatic carbocycles. The Kier molecular flexibility index (Phi) is 13.5. The minimum Gasteiger partial charge on any atom is -0.490 e. The average Bonchev–Trinajstić information content (AvgIpc) is 2.62. The smallest absolute Gasteiger partial charge is 0.223 e. The summed E-state index contributed by atoms with van der Waals surface area (Å²) in [4.78, 5) is 17.3. The van der Waals surface area contributed by atoms with Crippen LogP contribution in [0.1, 0.15) is 25.8 Å². The third-order valence-electron chi connectivity index (χ3n) is 3.67. The van der Waals surface area contributed by atoms with Gasteiger partial charge in [-0.05, 0) is 38.0 Å². The Morgan fingerprint density at radius 1 is 1.07 bits per heavy atom. The van der Waals surface area contributed by atoms with Crippen molar-refractivity contribution in [3.63, 3.8) is 0 Å². The first-order chi connectivity index (χ1) is 12.5. The van der Waals surface area contributed by atoms with Crippen LogP contribution in [0.15, 0.2) is 23.2 Å². The lowest BCUT2D eigenvalue weighted by Gasteiger charge is -2.15. The molecule has 27 heavy (non-hydrogen) atoms. The molecule has 0 aliphatic heterocycles. The molecule has 0 saturated carbocycles. The van der Waals surface area contributed by atoms with Crippen LogP contribution >= 0.6 is 24.0 Å². The highest BCUT2D eigenvalue weighted by molar-refractivity contribution is 14.0. The van der Waals surface area contributed by atoms with Crippen molar-refractivity contribution >= 4 is 35.8 Å². The second-order valence-electron chi connectivity index (χ2n) is 5.86. The van der Waals surface area contributed by atoms with Gasteiger partial charge in [0.2, 0.25) is 5.91 Å². The van der Waals surface area contributed by atoms with Crippen molar-refractivity contribution in [3.05, 3.63) is 23.8 Å². The number of benzene rings is 1. The van der Waals surface area contributed by atoms with Crippen molar-refractivity contribution in [2.75, 3.05) is 47.4 Å². The first kappa shape index (κ1) is 25.3. The fourth-order valence-corrected chi connectivity index (χ4v) is 2.31. The van der Waals surface area contributed by atoms with Crippen LogP contribution in [0.5, 0.6) is 11.5 Å². The van der Waals surface area contributed by atoms with Crippen molar-refractivity contribution in [1.29, 1.82) is 0 Å². The Labute approximate surface area is 179 Å². The van der Waals surface area contributed by atoms with Gasteiger partial charge in [0.25, 0.3) is 0 Å². The molecule has 0 saturated heterocycles. The Morgan fingerprint density at radius 2 is 1.70 bits per heavy atom. The van der Waals surface area contributed by atoms with E-state index in [1.54, 1.807) is 26.0 Å². The van der Waals surface area contributed by atoms with E-state index in [1.165, 1.54) is 0 Å². The zero-order valence-electron chi connectivity index (χ0n) is 17.0. The highest BCUT2D eigenvalue weighted by atomic mass is 127. The first-order valence-corrected chi connectivity index (χ1v) is 9.05. The molecule has 0 aliphatic carbocycles. The van der Waals surface area contributed by atoms with E-state index in [0.29, 0.717) is 32.1 Å². The van der Waals surface area contributed by atoms with Crippen LogP contribution in [0.25, 0.3) is 0 Å². The lowest BCUT2D eigenvalue weighted by Crippen LogP contribution is -2.40. The summed E-state index contributed by atoms with van der Waals surface area (Å²) in [5.41, 5.74) is 1.16. The standard InChI is InChI=1S/C19H32N4O3.HI/c1-6-25-16-9-8-15(14-17(16)26-7-2)10-12-21-19(20-3)22-13-11-18(24)23(4)5;/h8-9,14H,6-7,10-13H2,1-5H3,(H2,20,21,22);1H. The van der Waals surface area contributed by atoms with Gasteiger partial charge in [-0.2, -0.15) is 0 Å². The quantitative estimate of drug-likeness (QED) is 0.298. The maximum atomic E-state index is 11.6. The van der Waals surface area contributed by atoms with Gasteiger partial charge >= 0.3 is 0 Å². The van der Waals surface area contributed by atoms with Crippen LogP contribution in [0, 0.1) is 0 Å². The normalized spacial score (nSPS) is 10.6. The zero-order chi connectivity index (χ0) is 19.4. The second kappa shape index (κ2) is 14.4. The Bertz CT molecular complexity index is 594. The summed E-state index contributed by atoms with van der Waals surface area (Å²) in [6.07, 6.45) is 1.26. The molecule has 1 aromatic rings. The lowest BCUT2D eigenvalue weighted by molar-refractivity contribution is -0.128. The van der Waals surface area contributed by atoms with E-state index in [0.717, 1.165) is 30.0 Å². The number of aliphatic imine (C=N–C) groups is 1. The largest absolute Gasteiger partial charge is 0.490 e. The van der Waals surface area contributed by atoms with Crippen LogP contribution in [0.2, 0.25) is 0 Å². The number of ether oxygens (including phenoxy) is 2. The van der Waals surface area contributed by atoms with Gasteiger partial charge in [0.15, 0.2) is 17.5 Å². The number of hydrogen-bond acceptors (Lipinski definition) is 4. The molecule has 0 radical (unpaired) electrons. The highest BCUT2D eigenvalue weighted by Crippen LogP contribution is 2.28. The molecule has 0 spiro atoms. The Balaban J connectivity index is 0.00000676. The summed E-state index contributed by atoms with van der Waals surface area (Å²) in [7, 11) is 5.22. The van der Waals surface area contributed by atoms with Crippen molar-refractivity contribution in [2.24, 2.45) is 4.99 Å². The van der Waals surface area contributed by atoms with Crippen molar-refractivity contribution in [1.82, 2.24) is 15.5 Å². The molecular formula is C19H33IN4O3. The van der Waals surface area contributed by atoms with E-state index < -0.39 is 0 Å². The molecule has 0 fully saturated rings. The fourth-order valence-electron chi connectivity index (χ4n) is 2.31. The molecule has 0 aliphatic rings. The third kappa shape index (κ3) is 9.69. The topological polar surface area (TPSA) is 75.2 Å². The number of carbonyl (C=O) groups is 1. The predicted octanol–water partition coefficient (Wildman–Crippen LogP) is 2.29. The van der Waals surface area contributed by atoms with E-state index in [1.807, 2.05) is 32.0 Å². The van der Waals surface area contributed by atoms with Gasteiger partial charge in [0.05, 0.1) is 13.2 Å². The molecule has 0 heterocycles. The van der Waals surface area contributed by atoms with Gasteiger partial charge < -0.3 is 25.0 Å². The van der Waals surface area contributed by atoms with Crippen LogP contribution in [0.4, 0.5) is 0 Å². The number of nitrogens with one attached hydrogen (secondary N) is 2. The third-order valence-corrected chi connectivity index (χ3v) is 3.67. The van der Waals surface area contributed by atoms with Crippen LogP contribution < -0.4 is 20.1 Å². The van der Waals surface area contributed by atoms with Crippen molar-refractivity contribution in [3.8, 4) is 11.5 Å². The van der Waals surface area contributed by atoms with E-state index in [-0.39, 0.29) is 29.9 Å². The molecule has 154 valence electrons. The van der Waals surface area contributed by atoms with Gasteiger partial charge in [0.1, 0.15) is 0 Å². The molecule has 1 rings (SSSR count). The van der Waals surface area contributed by atoms with Gasteiger partial charge in [-0.1, -0.05) is 6.07 Å². The number of guanidine groups is 1. The van der Waals surface area contributed by atoms with Gasteiger partial charge in [-0.3, -0.25) is 9.79 Å². The maximum Gasteiger partial charge on any atom is 0.223 e. The second-order valence-corrected chi connectivity index (χ2v) is 5.86. The summed E-state index contributed by atoms with van der Waals surface area (Å²) in [5.74, 6) is 2.32. The number of nitrogens with zero attached hydrogens (tertiary/aromatic N) is 2. The number of hydrogen-bond donors (Lipinski definition) is 2. The summed E-state index contributed by atoms with van der Waals surface area (Å²) in [5, 5.41) is 6.40. The van der Waals surface area contributed by atoms with Crippen LogP contribution in [0.3, 0.4) is 0 Å². The molecule has 0 unspecified atom stereocenters. The van der Waals surface area contributed by atoms with Crippen molar-refractivity contribution < 1.29 is 14.3 Å². The number of amides is 1. The minimum atomic E-state index is 0. The van der Waals surface area contributed by atoms with Crippen LogP contribution in [-0.2, 0) is 11.2 Å². The van der Waals surface area contributed by atoms with E-state index in [9.17, 15) is 4.79 Å². The predicted molar refractivity (Wildman–Crippen MR) is 121 cm³/mol. The summed E-state index contributed by atoms with van der Waals surface area (Å²) in [6, 6.07) is 6.01. The SMILES string of the molecule is CCOc1ccc(CCNC(=NC)NCCC(=O)N(C)C)cc1OCC.I. The summed E-state index contributed by atoms with van der Waals surface area (Å²) in [6.45, 7) is 6.40. The van der Waals surface area contributed by atoms with Gasteiger partial charge in [-0.15, -0.1) is 24.0 Å². The van der Waals surface area contributed by atoms with Gasteiger partial charge in [-0.25, -0.2) is 0 Å². The molecule has 7 nitrogen and oxygen atoms in total. The Hall–Kier alpha value is -1.71. The first-order valence-electron chi connectivity index (χ1n) is 9.05. The maximum absolute atomic E-state index is 11.6. The van der Waals surface area contributed by atoms with Crippen LogP contribution in [-0.4, -0.2) is 64.2 Å². The summed E-state index contributed by atoms with van der Waals surface area (Å²) >= 11 is 0. The monoisotopic (exact) mass is 492 g/mol. The van der Waals surface area contributed by atoms with Gasteiger partial charge in [0, 0.05) is 40.7 Å². The minimum absolute atomic E-state index is 0. The number of rotatable bonds is 10. The fraction of sp³-hybridized carbons (Fsp3) is 0.579. The molecule has 8 heteroatoms. The molecule has 0 atom stereocenters. The molecule has 0 aromatic heterocycles. The van der Waals surface area contributed by atoms with Crippen molar-refractivity contribution in [2.45, 2.75) is 26.7 Å². The van der Waals surface area contributed by atoms with E-state index in [2.05, 4.69) is 15.6 Å². The molecule has 0 bridgehead atoms. The van der Waals surface area contributed by atoms with E-state index >= 15 is 0 Å². The number of carbonyl (C=O) groups excluding carboxylic acids is 1. The Morgan fingerprint density at radius 3 is 2.30 bits per heavy atom. The van der Waals surface area contributed by atoms with E-state index in [4.69, 9.17) is 9.47 Å². The molecular weight excluding hydrogens is 459 g/mol. The summed E-state index contributed by atoms with van der Waals surface area (Å²) < 4.78 is 11.2.